The summed E-state index contributed by atoms with van der Waals surface area (Å²) < 4.78 is 13.4. The molecule has 0 bridgehead atoms. The van der Waals surface area contributed by atoms with E-state index < -0.39 is 22.8 Å². The zero-order chi connectivity index (χ0) is 14.7. The van der Waals surface area contributed by atoms with E-state index in [1.54, 1.807) is 13.8 Å². The minimum Gasteiger partial charge on any atom is -0.480 e. The monoisotopic (exact) mass is 334 g/mol. The minimum absolute atomic E-state index is 0.0545. The van der Waals surface area contributed by atoms with E-state index in [0.717, 1.165) is 12.1 Å². The number of halogens is 2. The molecule has 6 nitrogen and oxygen atoms in total. The third-order valence-corrected chi connectivity index (χ3v) is 3.09. The number of hydrogen-bond acceptors (Lipinski definition) is 4. The highest BCUT2D eigenvalue weighted by Crippen LogP contribution is 2.31. The summed E-state index contributed by atoms with van der Waals surface area (Å²) in [5.41, 5.74) is -0.549. The van der Waals surface area contributed by atoms with Crippen molar-refractivity contribution in [3.63, 3.8) is 0 Å². The summed E-state index contributed by atoms with van der Waals surface area (Å²) in [5.74, 6) is -2.18. The van der Waals surface area contributed by atoms with Crippen LogP contribution in [0.5, 0.6) is 0 Å². The van der Waals surface area contributed by atoms with Crippen LogP contribution in [0.4, 0.5) is 15.8 Å². The van der Waals surface area contributed by atoms with Crippen LogP contribution in [0.15, 0.2) is 16.6 Å². The van der Waals surface area contributed by atoms with Crippen molar-refractivity contribution in [2.75, 3.05) is 5.32 Å². The zero-order valence-electron chi connectivity index (χ0n) is 10.2. The van der Waals surface area contributed by atoms with Crippen LogP contribution in [-0.4, -0.2) is 22.0 Å². The molecule has 0 heterocycles. The first-order chi connectivity index (χ1) is 8.73. The molecule has 0 aliphatic carbocycles. The molecule has 8 heteroatoms. The van der Waals surface area contributed by atoms with Crippen LogP contribution >= 0.6 is 15.9 Å². The molecule has 1 rings (SSSR count). The summed E-state index contributed by atoms with van der Waals surface area (Å²) in [6, 6.07) is 0.858. The molecule has 1 unspecified atom stereocenters. The predicted octanol–water partition coefficient (Wildman–Crippen LogP) is 3.02. The maximum absolute atomic E-state index is 13.4. The number of nitro groups is 1. The Balaban J connectivity index is 3.22. The predicted molar refractivity (Wildman–Crippen MR) is 70.6 cm³/mol. The average molecular weight is 335 g/mol. The molecule has 1 aromatic carbocycles. The van der Waals surface area contributed by atoms with Crippen LogP contribution in [0.3, 0.4) is 0 Å². The van der Waals surface area contributed by atoms with Gasteiger partial charge < -0.3 is 10.4 Å². The molecular formula is C11H12BrFN2O4. The van der Waals surface area contributed by atoms with Crippen molar-refractivity contribution < 1.29 is 19.2 Å². The largest absolute Gasteiger partial charge is 0.480 e. The Morgan fingerprint density at radius 1 is 1.53 bits per heavy atom. The molecule has 0 spiro atoms. The SMILES string of the molecule is CC(C)C(Nc1cc(F)c(Br)cc1[N+](=O)[O-])C(=O)O. The molecule has 0 amide bonds. The summed E-state index contributed by atoms with van der Waals surface area (Å²) in [7, 11) is 0. The molecular weight excluding hydrogens is 323 g/mol. The van der Waals surface area contributed by atoms with E-state index in [1.165, 1.54) is 0 Å². The van der Waals surface area contributed by atoms with Gasteiger partial charge in [-0.25, -0.2) is 9.18 Å². The van der Waals surface area contributed by atoms with Crippen molar-refractivity contribution >= 4 is 33.3 Å². The molecule has 0 fully saturated rings. The van der Waals surface area contributed by atoms with Gasteiger partial charge in [-0.1, -0.05) is 13.8 Å². The van der Waals surface area contributed by atoms with Crippen molar-refractivity contribution in [3.05, 3.63) is 32.5 Å². The number of nitro benzene ring substituents is 1. The van der Waals surface area contributed by atoms with E-state index in [-0.39, 0.29) is 21.8 Å². The number of nitrogens with zero attached hydrogens (tertiary/aromatic N) is 1. The topological polar surface area (TPSA) is 92.5 Å². The number of anilines is 1. The van der Waals surface area contributed by atoms with Crippen molar-refractivity contribution in [2.45, 2.75) is 19.9 Å². The number of carbonyl (C=O) groups is 1. The Hall–Kier alpha value is -1.70. The Bertz CT molecular complexity index is 522. The Kier molecular flexibility index (Phi) is 4.82. The summed E-state index contributed by atoms with van der Waals surface area (Å²) in [6.07, 6.45) is 0. The molecule has 2 N–H and O–H groups in total. The maximum Gasteiger partial charge on any atom is 0.326 e. The van der Waals surface area contributed by atoms with Gasteiger partial charge in [0, 0.05) is 12.1 Å². The fourth-order valence-corrected chi connectivity index (χ4v) is 1.82. The molecule has 0 radical (unpaired) electrons. The summed E-state index contributed by atoms with van der Waals surface area (Å²) in [4.78, 5) is 21.2. The molecule has 0 saturated heterocycles. The number of benzene rings is 1. The van der Waals surface area contributed by atoms with Crippen LogP contribution in [0.1, 0.15) is 13.8 Å². The third kappa shape index (κ3) is 3.63. The Morgan fingerprint density at radius 3 is 2.53 bits per heavy atom. The number of nitrogens with one attached hydrogen (secondary N) is 1. The summed E-state index contributed by atoms with van der Waals surface area (Å²) in [5, 5.41) is 22.4. The fraction of sp³-hybridized carbons (Fsp3) is 0.364. The maximum atomic E-state index is 13.4. The molecule has 0 aromatic heterocycles. The third-order valence-electron chi connectivity index (χ3n) is 2.48. The van der Waals surface area contributed by atoms with Crippen LogP contribution in [0.25, 0.3) is 0 Å². The summed E-state index contributed by atoms with van der Waals surface area (Å²) in [6.45, 7) is 3.29. The number of hydrogen-bond donors (Lipinski definition) is 2. The molecule has 19 heavy (non-hydrogen) atoms. The highest BCUT2D eigenvalue weighted by atomic mass is 79.9. The Labute approximate surface area is 116 Å². The van der Waals surface area contributed by atoms with Gasteiger partial charge in [0.1, 0.15) is 17.5 Å². The van der Waals surface area contributed by atoms with E-state index in [0.29, 0.717) is 0 Å². The molecule has 1 aromatic rings. The molecule has 0 aliphatic heterocycles. The standard InChI is InChI=1S/C11H12BrFN2O4/c1-5(2)10(11(16)17)14-8-4-7(13)6(12)3-9(8)15(18)19/h3-5,10,14H,1-2H3,(H,16,17). The van der Waals surface area contributed by atoms with Crippen molar-refractivity contribution in [1.82, 2.24) is 0 Å². The van der Waals surface area contributed by atoms with Crippen LogP contribution < -0.4 is 5.32 Å². The van der Waals surface area contributed by atoms with E-state index in [2.05, 4.69) is 21.2 Å². The quantitative estimate of drug-likeness (QED) is 0.637. The number of aliphatic carboxylic acids is 1. The molecule has 104 valence electrons. The fourth-order valence-electron chi connectivity index (χ4n) is 1.48. The molecule has 0 aliphatic rings. The van der Waals surface area contributed by atoms with Crippen LogP contribution in [-0.2, 0) is 4.79 Å². The van der Waals surface area contributed by atoms with Gasteiger partial charge >= 0.3 is 5.97 Å². The van der Waals surface area contributed by atoms with Crippen molar-refractivity contribution in [1.29, 1.82) is 0 Å². The lowest BCUT2D eigenvalue weighted by Gasteiger charge is -2.19. The second-order valence-corrected chi connectivity index (χ2v) is 5.10. The lowest BCUT2D eigenvalue weighted by Crippen LogP contribution is -2.34. The number of rotatable bonds is 5. The second-order valence-electron chi connectivity index (χ2n) is 4.24. The second kappa shape index (κ2) is 5.96. The average Bonchev–Trinajstić information content (AvgIpc) is 2.28. The highest BCUT2D eigenvalue weighted by Gasteiger charge is 2.26. The van der Waals surface area contributed by atoms with E-state index in [1.807, 2.05) is 0 Å². The zero-order valence-corrected chi connectivity index (χ0v) is 11.8. The van der Waals surface area contributed by atoms with Gasteiger partial charge in [0.2, 0.25) is 0 Å². The summed E-state index contributed by atoms with van der Waals surface area (Å²) >= 11 is 2.85. The number of carboxylic acid groups (broad SMARTS) is 1. The molecule has 0 saturated carbocycles. The number of carboxylic acids is 1. The van der Waals surface area contributed by atoms with Gasteiger partial charge in [-0.05, 0) is 21.8 Å². The first-order valence-electron chi connectivity index (χ1n) is 5.36. The van der Waals surface area contributed by atoms with E-state index >= 15 is 0 Å². The van der Waals surface area contributed by atoms with Gasteiger partial charge in [0.05, 0.1) is 9.40 Å². The van der Waals surface area contributed by atoms with Gasteiger partial charge in [-0.15, -0.1) is 0 Å². The van der Waals surface area contributed by atoms with E-state index in [9.17, 15) is 19.3 Å². The Morgan fingerprint density at radius 2 is 2.11 bits per heavy atom. The first kappa shape index (κ1) is 15.4. The van der Waals surface area contributed by atoms with Gasteiger partial charge in [-0.2, -0.15) is 0 Å². The van der Waals surface area contributed by atoms with Gasteiger partial charge in [0.15, 0.2) is 0 Å². The van der Waals surface area contributed by atoms with Gasteiger partial charge in [0.25, 0.3) is 5.69 Å². The van der Waals surface area contributed by atoms with Crippen LogP contribution in [0.2, 0.25) is 0 Å². The highest BCUT2D eigenvalue weighted by molar-refractivity contribution is 9.10. The van der Waals surface area contributed by atoms with Gasteiger partial charge in [-0.3, -0.25) is 10.1 Å². The van der Waals surface area contributed by atoms with Crippen molar-refractivity contribution in [2.24, 2.45) is 5.92 Å². The minimum atomic E-state index is -1.16. The van der Waals surface area contributed by atoms with E-state index in [4.69, 9.17) is 5.11 Å². The van der Waals surface area contributed by atoms with Crippen molar-refractivity contribution in [3.8, 4) is 0 Å². The smallest absolute Gasteiger partial charge is 0.326 e. The normalized spacial score (nSPS) is 12.3. The first-order valence-corrected chi connectivity index (χ1v) is 6.16. The van der Waals surface area contributed by atoms with Crippen LogP contribution in [0, 0.1) is 21.8 Å². The lowest BCUT2D eigenvalue weighted by molar-refractivity contribution is -0.384. The molecule has 1 atom stereocenters. The lowest BCUT2D eigenvalue weighted by atomic mass is 10.0.